The van der Waals surface area contributed by atoms with Crippen molar-refractivity contribution < 1.29 is 19.8 Å². The highest BCUT2D eigenvalue weighted by Gasteiger charge is 2.23. The number of rotatable bonds is 5. The summed E-state index contributed by atoms with van der Waals surface area (Å²) in [5, 5.41) is 20.5. The number of carbonyl (C=O) groups excluding carboxylic acids is 2. The molecule has 7 heteroatoms. The summed E-state index contributed by atoms with van der Waals surface area (Å²) in [6, 6.07) is 19.4. The van der Waals surface area contributed by atoms with Crippen LogP contribution in [0.3, 0.4) is 0 Å². The summed E-state index contributed by atoms with van der Waals surface area (Å²) in [5.41, 5.74) is 2.99. The lowest BCUT2D eigenvalue weighted by Crippen LogP contribution is -2.48. The number of hydrogen-bond donors (Lipinski definition) is 2. The first-order valence-corrected chi connectivity index (χ1v) is 12.1. The van der Waals surface area contributed by atoms with E-state index in [4.69, 9.17) is 0 Å². The second-order valence-corrected chi connectivity index (χ2v) is 9.48. The molecule has 0 atom stereocenters. The summed E-state index contributed by atoms with van der Waals surface area (Å²) in [5.74, 6) is 0.157. The second-order valence-electron chi connectivity index (χ2n) is 8.43. The SMILES string of the molecule is C=CC(=O)N1CCN(c2ccc(C(=O)c3c(-c4ccc(O)cc4)sc4cc(O)ccc34)cc2)CC1. The number of piperazine rings is 1. The van der Waals surface area contributed by atoms with Crippen molar-refractivity contribution in [2.24, 2.45) is 0 Å². The molecule has 3 aromatic carbocycles. The van der Waals surface area contributed by atoms with E-state index in [1.807, 2.05) is 24.3 Å². The van der Waals surface area contributed by atoms with Crippen LogP contribution in [-0.2, 0) is 4.79 Å². The molecule has 5 rings (SSSR count). The Morgan fingerprint density at radius 1 is 0.857 bits per heavy atom. The molecule has 35 heavy (non-hydrogen) atoms. The van der Waals surface area contributed by atoms with Crippen LogP contribution in [0.25, 0.3) is 20.5 Å². The average molecular weight is 485 g/mol. The molecule has 1 aliphatic rings. The number of carbonyl (C=O) groups is 2. The van der Waals surface area contributed by atoms with Gasteiger partial charge < -0.3 is 20.0 Å². The van der Waals surface area contributed by atoms with Crippen LogP contribution in [0.15, 0.2) is 79.4 Å². The first-order chi connectivity index (χ1) is 16.9. The van der Waals surface area contributed by atoms with Gasteiger partial charge in [-0.1, -0.05) is 6.58 Å². The molecule has 176 valence electrons. The summed E-state index contributed by atoms with van der Waals surface area (Å²) in [6.07, 6.45) is 1.35. The molecule has 1 amide bonds. The maximum atomic E-state index is 13.7. The Kier molecular flexibility index (Phi) is 6.01. The van der Waals surface area contributed by atoms with Crippen molar-refractivity contribution in [2.75, 3.05) is 31.1 Å². The third-order valence-corrected chi connectivity index (χ3v) is 7.49. The van der Waals surface area contributed by atoms with E-state index >= 15 is 0 Å². The molecular weight excluding hydrogens is 460 g/mol. The Morgan fingerprint density at radius 2 is 1.51 bits per heavy atom. The molecule has 1 aromatic heterocycles. The minimum atomic E-state index is -0.0991. The highest BCUT2D eigenvalue weighted by molar-refractivity contribution is 7.22. The van der Waals surface area contributed by atoms with Crippen molar-refractivity contribution in [1.82, 2.24) is 4.90 Å². The van der Waals surface area contributed by atoms with E-state index in [2.05, 4.69) is 11.5 Å². The van der Waals surface area contributed by atoms with E-state index in [1.54, 1.807) is 47.4 Å². The number of phenols is 2. The summed E-state index contributed by atoms with van der Waals surface area (Å²) < 4.78 is 0.819. The van der Waals surface area contributed by atoms with Gasteiger partial charge >= 0.3 is 0 Å². The molecule has 2 N–H and O–H groups in total. The predicted octanol–water partition coefficient (Wildman–Crippen LogP) is 5.05. The van der Waals surface area contributed by atoms with Gasteiger partial charge in [-0.05, 0) is 78.4 Å². The van der Waals surface area contributed by atoms with Gasteiger partial charge in [-0.3, -0.25) is 9.59 Å². The van der Waals surface area contributed by atoms with Gasteiger partial charge in [0.1, 0.15) is 11.5 Å². The van der Waals surface area contributed by atoms with Gasteiger partial charge in [-0.15, -0.1) is 11.3 Å². The first kappa shape index (κ1) is 22.7. The van der Waals surface area contributed by atoms with Crippen molar-refractivity contribution in [1.29, 1.82) is 0 Å². The lowest BCUT2D eigenvalue weighted by atomic mass is 9.97. The van der Waals surface area contributed by atoms with Crippen LogP contribution in [0.5, 0.6) is 11.5 Å². The zero-order chi connectivity index (χ0) is 24.5. The van der Waals surface area contributed by atoms with Gasteiger partial charge in [0.05, 0.1) is 0 Å². The van der Waals surface area contributed by atoms with Crippen LogP contribution >= 0.6 is 11.3 Å². The van der Waals surface area contributed by atoms with Crippen molar-refractivity contribution >= 4 is 38.8 Å². The van der Waals surface area contributed by atoms with Crippen LogP contribution in [0.1, 0.15) is 15.9 Å². The van der Waals surface area contributed by atoms with Crippen LogP contribution in [0.4, 0.5) is 5.69 Å². The smallest absolute Gasteiger partial charge is 0.246 e. The Morgan fingerprint density at radius 3 is 2.17 bits per heavy atom. The molecule has 1 saturated heterocycles. The third-order valence-electron chi connectivity index (χ3n) is 6.29. The number of fused-ring (bicyclic) bond motifs is 1. The van der Waals surface area contributed by atoms with Gasteiger partial charge in [0.15, 0.2) is 5.78 Å². The number of amides is 1. The molecule has 1 aliphatic heterocycles. The van der Waals surface area contributed by atoms with E-state index in [1.165, 1.54) is 17.4 Å². The molecule has 0 spiro atoms. The van der Waals surface area contributed by atoms with Gasteiger partial charge in [-0.25, -0.2) is 0 Å². The number of ketones is 1. The summed E-state index contributed by atoms with van der Waals surface area (Å²) in [7, 11) is 0. The van der Waals surface area contributed by atoms with Crippen molar-refractivity contribution in [3.63, 3.8) is 0 Å². The van der Waals surface area contributed by atoms with Gasteiger partial charge in [0.2, 0.25) is 5.91 Å². The maximum Gasteiger partial charge on any atom is 0.246 e. The molecule has 6 nitrogen and oxygen atoms in total. The first-order valence-electron chi connectivity index (χ1n) is 11.3. The molecule has 0 unspecified atom stereocenters. The molecule has 1 fully saturated rings. The zero-order valence-corrected chi connectivity index (χ0v) is 19.8. The molecule has 4 aromatic rings. The average Bonchev–Trinajstić information content (AvgIpc) is 3.27. The molecule has 0 radical (unpaired) electrons. The third kappa shape index (κ3) is 4.38. The fourth-order valence-corrected chi connectivity index (χ4v) is 5.65. The van der Waals surface area contributed by atoms with Crippen LogP contribution in [0, 0.1) is 0 Å². The monoisotopic (exact) mass is 484 g/mol. The number of aromatic hydroxyl groups is 2. The number of nitrogens with zero attached hydrogens (tertiary/aromatic N) is 2. The minimum Gasteiger partial charge on any atom is -0.508 e. The van der Waals surface area contributed by atoms with E-state index in [0.717, 1.165) is 39.3 Å². The fraction of sp³-hybridized carbons (Fsp3) is 0.143. The lowest BCUT2D eigenvalue weighted by molar-refractivity contribution is -0.126. The molecular formula is C28H24N2O4S. The van der Waals surface area contributed by atoms with Crippen molar-refractivity contribution in [2.45, 2.75) is 0 Å². The fourth-order valence-electron chi connectivity index (χ4n) is 4.41. The summed E-state index contributed by atoms with van der Waals surface area (Å²) in [4.78, 5) is 30.3. The summed E-state index contributed by atoms with van der Waals surface area (Å²) >= 11 is 1.44. The van der Waals surface area contributed by atoms with Gasteiger partial charge in [0, 0.05) is 58.0 Å². The highest BCUT2D eigenvalue weighted by Crippen LogP contribution is 2.41. The maximum absolute atomic E-state index is 13.7. The van der Waals surface area contributed by atoms with Crippen molar-refractivity contribution in [3.8, 4) is 21.9 Å². The highest BCUT2D eigenvalue weighted by atomic mass is 32.1. The number of benzene rings is 3. The number of thiophene rings is 1. The Labute approximate surface area is 207 Å². The predicted molar refractivity (Wildman–Crippen MR) is 139 cm³/mol. The largest absolute Gasteiger partial charge is 0.508 e. The normalized spacial score (nSPS) is 13.7. The minimum absolute atomic E-state index is 0.0497. The Hall–Kier alpha value is -4.10. The van der Waals surface area contributed by atoms with Crippen LogP contribution < -0.4 is 4.90 Å². The number of phenolic OH excluding ortho intramolecular Hbond substituents is 2. The lowest BCUT2D eigenvalue weighted by Gasteiger charge is -2.35. The van der Waals surface area contributed by atoms with E-state index < -0.39 is 0 Å². The van der Waals surface area contributed by atoms with E-state index in [-0.39, 0.29) is 23.2 Å². The molecule has 0 bridgehead atoms. The zero-order valence-electron chi connectivity index (χ0n) is 19.0. The quantitative estimate of drug-likeness (QED) is 0.306. The van der Waals surface area contributed by atoms with E-state index in [9.17, 15) is 19.8 Å². The number of anilines is 1. The second kappa shape index (κ2) is 9.27. The Balaban J connectivity index is 1.45. The van der Waals surface area contributed by atoms with E-state index in [0.29, 0.717) is 24.2 Å². The molecule has 2 heterocycles. The van der Waals surface area contributed by atoms with Crippen molar-refractivity contribution in [3.05, 3.63) is 90.5 Å². The molecule has 0 aliphatic carbocycles. The standard InChI is InChI=1S/C28H24N2O4S/c1-2-25(33)30-15-13-29(14-16-30)20-7-3-18(4-8-20)27(34)26-23-12-11-22(32)17-24(23)35-28(26)19-5-9-21(31)10-6-19/h2-12,17,31-32H,1,13-16H2. The topological polar surface area (TPSA) is 81.1 Å². The van der Waals surface area contributed by atoms with Gasteiger partial charge in [0.25, 0.3) is 0 Å². The number of hydrogen-bond acceptors (Lipinski definition) is 6. The van der Waals surface area contributed by atoms with Crippen LogP contribution in [-0.4, -0.2) is 53.0 Å². The van der Waals surface area contributed by atoms with Crippen LogP contribution in [0.2, 0.25) is 0 Å². The molecule has 0 saturated carbocycles. The summed E-state index contributed by atoms with van der Waals surface area (Å²) in [6.45, 7) is 6.26. The Bertz CT molecular complexity index is 1420. The van der Waals surface area contributed by atoms with Gasteiger partial charge in [-0.2, -0.15) is 0 Å².